The van der Waals surface area contributed by atoms with Gasteiger partial charge < -0.3 is 5.73 Å². The van der Waals surface area contributed by atoms with Crippen molar-refractivity contribution in [3.05, 3.63) is 35.9 Å². The molecule has 14 heavy (non-hydrogen) atoms. The van der Waals surface area contributed by atoms with E-state index in [2.05, 4.69) is 22.1 Å². The third kappa shape index (κ3) is 2.35. The third-order valence-electron chi connectivity index (χ3n) is 1.83. The van der Waals surface area contributed by atoms with Crippen LogP contribution in [0.15, 0.2) is 40.3 Å². The van der Waals surface area contributed by atoms with Crippen molar-refractivity contribution in [1.82, 2.24) is 0 Å². The van der Waals surface area contributed by atoms with E-state index < -0.39 is 0 Å². The van der Waals surface area contributed by atoms with Gasteiger partial charge in [0.25, 0.3) is 0 Å². The summed E-state index contributed by atoms with van der Waals surface area (Å²) in [6.45, 7) is 0.681. The van der Waals surface area contributed by atoms with E-state index in [9.17, 15) is 0 Å². The van der Waals surface area contributed by atoms with Gasteiger partial charge in [-0.2, -0.15) is 0 Å². The van der Waals surface area contributed by atoms with Crippen molar-refractivity contribution in [2.75, 3.05) is 5.75 Å². The summed E-state index contributed by atoms with van der Waals surface area (Å²) in [5.41, 5.74) is 6.74. The summed E-state index contributed by atoms with van der Waals surface area (Å²) < 4.78 is 0. The van der Waals surface area contributed by atoms with Gasteiger partial charge in [0.05, 0.1) is 12.3 Å². The lowest BCUT2D eigenvalue weighted by atomic mass is 10.2. The number of nitrogens with zero attached hydrogens (tertiary/aromatic N) is 2. The fourth-order valence-corrected chi connectivity index (χ4v) is 1.83. The van der Waals surface area contributed by atoms with Crippen LogP contribution in [0, 0.1) is 0 Å². The Hall–Kier alpha value is -1.29. The number of benzene rings is 1. The molecule has 1 aromatic rings. The average molecular weight is 205 g/mol. The monoisotopic (exact) mass is 205 g/mol. The standard InChI is InChI=1S/C10H11N3S/c11-9-7-14-10(13-9)12-6-8-4-2-1-3-5-8/h1-5H,6-7H2,(H2,11,12,13). The maximum atomic E-state index is 5.54. The van der Waals surface area contributed by atoms with Gasteiger partial charge in [0.2, 0.25) is 0 Å². The zero-order chi connectivity index (χ0) is 9.80. The van der Waals surface area contributed by atoms with Crippen LogP contribution in [-0.4, -0.2) is 16.8 Å². The maximum Gasteiger partial charge on any atom is 0.185 e. The first-order chi connectivity index (χ1) is 6.84. The zero-order valence-electron chi connectivity index (χ0n) is 7.68. The summed E-state index contributed by atoms with van der Waals surface area (Å²) in [4.78, 5) is 8.47. The Balaban J connectivity index is 2.01. The van der Waals surface area contributed by atoms with Gasteiger partial charge in [0, 0.05) is 0 Å². The van der Waals surface area contributed by atoms with Crippen molar-refractivity contribution in [2.24, 2.45) is 15.7 Å². The van der Waals surface area contributed by atoms with Gasteiger partial charge in [0.15, 0.2) is 5.17 Å². The summed E-state index contributed by atoms with van der Waals surface area (Å²) in [5.74, 6) is 1.44. The number of nitrogens with two attached hydrogens (primary N) is 1. The molecule has 0 aliphatic carbocycles. The molecule has 2 N–H and O–H groups in total. The van der Waals surface area contributed by atoms with Gasteiger partial charge >= 0.3 is 0 Å². The van der Waals surface area contributed by atoms with Crippen molar-refractivity contribution < 1.29 is 0 Å². The second kappa shape index (κ2) is 4.28. The van der Waals surface area contributed by atoms with E-state index in [-0.39, 0.29) is 0 Å². The Morgan fingerprint density at radius 2 is 2.14 bits per heavy atom. The second-order valence-electron chi connectivity index (χ2n) is 2.98. The van der Waals surface area contributed by atoms with E-state index in [0.29, 0.717) is 12.4 Å². The SMILES string of the molecule is NC1=NC(=NCc2ccccc2)SC1. The summed E-state index contributed by atoms with van der Waals surface area (Å²) >= 11 is 1.59. The number of rotatable bonds is 2. The van der Waals surface area contributed by atoms with Crippen molar-refractivity contribution in [1.29, 1.82) is 0 Å². The van der Waals surface area contributed by atoms with Crippen molar-refractivity contribution in [2.45, 2.75) is 6.54 Å². The summed E-state index contributed by atoms with van der Waals surface area (Å²) in [5, 5.41) is 0.798. The van der Waals surface area contributed by atoms with Gasteiger partial charge in [0.1, 0.15) is 5.84 Å². The molecule has 1 heterocycles. The molecule has 2 rings (SSSR count). The topological polar surface area (TPSA) is 50.7 Å². The molecule has 0 amide bonds. The highest BCUT2D eigenvalue weighted by Gasteiger charge is 2.08. The normalized spacial score (nSPS) is 18.6. The number of hydrogen-bond acceptors (Lipinski definition) is 3. The first-order valence-electron chi connectivity index (χ1n) is 4.39. The fraction of sp³-hybridized carbons (Fsp3) is 0.200. The summed E-state index contributed by atoms with van der Waals surface area (Å²) in [6, 6.07) is 10.1. The molecule has 0 atom stereocenters. The molecule has 0 saturated carbocycles. The minimum absolute atomic E-state index is 0.668. The highest BCUT2D eigenvalue weighted by Crippen LogP contribution is 2.13. The van der Waals surface area contributed by atoms with Gasteiger partial charge in [-0.05, 0) is 5.56 Å². The molecule has 0 radical (unpaired) electrons. The molecule has 0 spiro atoms. The van der Waals surface area contributed by atoms with Crippen LogP contribution in [0.2, 0.25) is 0 Å². The van der Waals surface area contributed by atoms with Gasteiger partial charge in [-0.25, -0.2) is 4.99 Å². The van der Waals surface area contributed by atoms with Crippen LogP contribution < -0.4 is 5.73 Å². The highest BCUT2D eigenvalue weighted by molar-refractivity contribution is 8.14. The first kappa shape index (κ1) is 9.27. The molecular weight excluding hydrogens is 194 g/mol. The lowest BCUT2D eigenvalue weighted by Crippen LogP contribution is -2.09. The molecule has 3 nitrogen and oxygen atoms in total. The van der Waals surface area contributed by atoms with Gasteiger partial charge in [-0.1, -0.05) is 42.1 Å². The van der Waals surface area contributed by atoms with Crippen molar-refractivity contribution in [3.8, 4) is 0 Å². The molecule has 0 saturated heterocycles. The number of amidine groups is 2. The summed E-state index contributed by atoms with van der Waals surface area (Å²) in [6.07, 6.45) is 0. The maximum absolute atomic E-state index is 5.54. The van der Waals surface area contributed by atoms with Gasteiger partial charge in [-0.3, -0.25) is 4.99 Å². The number of hydrogen-bond donors (Lipinski definition) is 1. The molecule has 1 aliphatic rings. The molecule has 0 aromatic heterocycles. The van der Waals surface area contributed by atoms with Crippen LogP contribution in [0.3, 0.4) is 0 Å². The largest absolute Gasteiger partial charge is 0.386 e. The van der Waals surface area contributed by atoms with Gasteiger partial charge in [-0.15, -0.1) is 0 Å². The Morgan fingerprint density at radius 3 is 2.79 bits per heavy atom. The second-order valence-corrected chi connectivity index (χ2v) is 3.92. The Morgan fingerprint density at radius 1 is 1.36 bits per heavy atom. The predicted molar refractivity (Wildman–Crippen MR) is 61.7 cm³/mol. The van der Waals surface area contributed by atoms with E-state index in [1.54, 1.807) is 11.8 Å². The van der Waals surface area contributed by atoms with Crippen LogP contribution in [-0.2, 0) is 6.54 Å². The predicted octanol–water partition coefficient (Wildman–Crippen LogP) is 1.65. The molecule has 1 aliphatic heterocycles. The molecular formula is C10H11N3S. The van der Waals surface area contributed by atoms with Crippen LogP contribution in [0.25, 0.3) is 0 Å². The molecule has 0 unspecified atom stereocenters. The van der Waals surface area contributed by atoms with E-state index in [1.807, 2.05) is 18.2 Å². The lowest BCUT2D eigenvalue weighted by Gasteiger charge is -1.95. The van der Waals surface area contributed by atoms with Crippen LogP contribution in [0.1, 0.15) is 5.56 Å². The zero-order valence-corrected chi connectivity index (χ0v) is 8.50. The third-order valence-corrected chi connectivity index (χ3v) is 2.75. The van der Waals surface area contributed by atoms with Crippen LogP contribution in [0.5, 0.6) is 0 Å². The molecule has 4 heteroatoms. The minimum atomic E-state index is 0.668. The Kier molecular flexibility index (Phi) is 2.84. The van der Waals surface area contributed by atoms with Crippen molar-refractivity contribution >= 4 is 22.8 Å². The Bertz CT molecular complexity index is 370. The number of aliphatic imine (C=N–C) groups is 2. The fourth-order valence-electron chi connectivity index (χ4n) is 1.15. The van der Waals surface area contributed by atoms with Crippen molar-refractivity contribution in [3.63, 3.8) is 0 Å². The van der Waals surface area contributed by atoms with E-state index >= 15 is 0 Å². The number of thioether (sulfide) groups is 1. The van der Waals surface area contributed by atoms with E-state index in [4.69, 9.17) is 5.73 Å². The summed E-state index contributed by atoms with van der Waals surface area (Å²) in [7, 11) is 0. The van der Waals surface area contributed by atoms with E-state index in [1.165, 1.54) is 5.56 Å². The lowest BCUT2D eigenvalue weighted by molar-refractivity contribution is 1.07. The Labute approximate surface area is 87.1 Å². The average Bonchev–Trinajstić information content (AvgIpc) is 2.63. The molecule has 72 valence electrons. The molecule has 0 fully saturated rings. The highest BCUT2D eigenvalue weighted by atomic mass is 32.2. The molecule has 0 bridgehead atoms. The quantitative estimate of drug-likeness (QED) is 0.798. The minimum Gasteiger partial charge on any atom is -0.386 e. The smallest absolute Gasteiger partial charge is 0.185 e. The van der Waals surface area contributed by atoms with E-state index in [0.717, 1.165) is 10.9 Å². The van der Waals surface area contributed by atoms with Crippen LogP contribution in [0.4, 0.5) is 0 Å². The van der Waals surface area contributed by atoms with Crippen LogP contribution >= 0.6 is 11.8 Å². The molecule has 1 aromatic carbocycles. The first-order valence-corrected chi connectivity index (χ1v) is 5.37.